The van der Waals surface area contributed by atoms with E-state index in [2.05, 4.69) is 17.4 Å². The van der Waals surface area contributed by atoms with E-state index in [-0.39, 0.29) is 24.8 Å². The molecule has 238 valence electrons. The van der Waals surface area contributed by atoms with Crippen LogP contribution in [0, 0.1) is 0 Å². The molecule has 44 heavy (non-hydrogen) atoms. The van der Waals surface area contributed by atoms with Gasteiger partial charge in [-0.05, 0) is 61.3 Å². The molecule has 4 amide bonds. The summed E-state index contributed by atoms with van der Waals surface area (Å²) in [6, 6.07) is 13.0. The van der Waals surface area contributed by atoms with Crippen LogP contribution in [-0.2, 0) is 59.3 Å². The summed E-state index contributed by atoms with van der Waals surface area (Å²) in [7, 11) is 0. The molecule has 2 aliphatic rings. The fourth-order valence-corrected chi connectivity index (χ4v) is 5.75. The van der Waals surface area contributed by atoms with Crippen molar-refractivity contribution < 1.29 is 33.4 Å². The lowest BCUT2D eigenvalue weighted by molar-refractivity contribution is -0.128. The number of nitrogens with one attached hydrogen (secondary N) is 1. The summed E-state index contributed by atoms with van der Waals surface area (Å²) in [5.41, 5.74) is 15.6. The van der Waals surface area contributed by atoms with Gasteiger partial charge in [0.2, 0.25) is 23.6 Å². The average Bonchev–Trinajstić information content (AvgIpc) is 3.32. The third-order valence-corrected chi connectivity index (χ3v) is 8.08. The third kappa shape index (κ3) is 9.35. The third-order valence-electron chi connectivity index (χ3n) is 8.08. The Hall–Kier alpha value is -3.80. The lowest BCUT2D eigenvalue weighted by atomic mass is 10.0. The molecule has 2 aliphatic heterocycles. The minimum Gasteiger partial charge on any atom is -0.379 e. The Kier molecular flexibility index (Phi) is 12.3. The SMILES string of the molecule is C[C@@H](OCc1ccc(CCCOCCOCC(N)=O)cc1)[C@H](CCC(N)=O)NC(=O)[C@@H]1Cc2cccc3c2N1C(=O)CCC3. The number of hydrogen-bond donors (Lipinski definition) is 3. The number of aryl methyl sites for hydroxylation is 2. The van der Waals surface area contributed by atoms with Gasteiger partial charge in [0.25, 0.3) is 0 Å². The molecule has 11 nitrogen and oxygen atoms in total. The van der Waals surface area contributed by atoms with Gasteiger partial charge in [0.15, 0.2) is 0 Å². The van der Waals surface area contributed by atoms with E-state index in [1.165, 1.54) is 5.56 Å². The maximum atomic E-state index is 13.6. The summed E-state index contributed by atoms with van der Waals surface area (Å²) < 4.78 is 16.7. The van der Waals surface area contributed by atoms with Gasteiger partial charge in [0, 0.05) is 25.9 Å². The Balaban J connectivity index is 1.27. The van der Waals surface area contributed by atoms with Crippen LogP contribution in [0.2, 0.25) is 0 Å². The molecule has 0 fully saturated rings. The highest BCUT2D eigenvalue weighted by atomic mass is 16.5. The fraction of sp³-hybridized carbons (Fsp3) is 0.515. The van der Waals surface area contributed by atoms with Crippen LogP contribution in [0.4, 0.5) is 5.69 Å². The number of anilines is 1. The smallest absolute Gasteiger partial charge is 0.243 e. The quantitative estimate of drug-likeness (QED) is 0.218. The minimum atomic E-state index is -0.631. The number of benzene rings is 2. The summed E-state index contributed by atoms with van der Waals surface area (Å²) in [5, 5.41) is 3.09. The Bertz CT molecular complexity index is 1300. The average molecular weight is 609 g/mol. The van der Waals surface area contributed by atoms with Crippen LogP contribution in [0.5, 0.6) is 0 Å². The predicted molar refractivity (Wildman–Crippen MR) is 165 cm³/mol. The van der Waals surface area contributed by atoms with Crippen LogP contribution < -0.4 is 21.7 Å². The number of hydrogen-bond acceptors (Lipinski definition) is 7. The molecule has 3 atom stereocenters. The van der Waals surface area contributed by atoms with Gasteiger partial charge in [-0.1, -0.05) is 42.5 Å². The van der Waals surface area contributed by atoms with E-state index in [9.17, 15) is 19.2 Å². The predicted octanol–water partition coefficient (Wildman–Crippen LogP) is 2.09. The van der Waals surface area contributed by atoms with Crippen LogP contribution in [0.1, 0.15) is 61.3 Å². The van der Waals surface area contributed by atoms with E-state index < -0.39 is 30.0 Å². The molecule has 2 heterocycles. The molecular weight excluding hydrogens is 564 g/mol. The van der Waals surface area contributed by atoms with Crippen molar-refractivity contribution in [1.82, 2.24) is 5.32 Å². The zero-order chi connectivity index (χ0) is 31.5. The van der Waals surface area contributed by atoms with Gasteiger partial charge >= 0.3 is 0 Å². The van der Waals surface area contributed by atoms with Crippen molar-refractivity contribution in [2.75, 3.05) is 31.3 Å². The van der Waals surface area contributed by atoms with Crippen molar-refractivity contribution in [3.05, 3.63) is 64.7 Å². The zero-order valence-electron chi connectivity index (χ0n) is 25.4. The maximum Gasteiger partial charge on any atom is 0.243 e. The van der Waals surface area contributed by atoms with Crippen molar-refractivity contribution in [3.8, 4) is 0 Å². The Morgan fingerprint density at radius 2 is 1.68 bits per heavy atom. The second-order valence-corrected chi connectivity index (χ2v) is 11.4. The number of para-hydroxylation sites is 1. The molecule has 0 spiro atoms. The van der Waals surface area contributed by atoms with Crippen LogP contribution in [0.15, 0.2) is 42.5 Å². The lowest BCUT2D eigenvalue weighted by Crippen LogP contribution is -2.53. The Morgan fingerprint density at radius 3 is 2.43 bits per heavy atom. The number of amides is 4. The summed E-state index contributed by atoms with van der Waals surface area (Å²) in [5.74, 6) is -1.23. The van der Waals surface area contributed by atoms with Gasteiger partial charge in [0.05, 0.1) is 37.7 Å². The van der Waals surface area contributed by atoms with Gasteiger partial charge in [-0.3, -0.25) is 24.1 Å². The largest absolute Gasteiger partial charge is 0.379 e. The maximum absolute atomic E-state index is 13.6. The molecule has 0 radical (unpaired) electrons. The van der Waals surface area contributed by atoms with Crippen molar-refractivity contribution in [2.45, 2.75) is 83.1 Å². The molecule has 0 aliphatic carbocycles. The monoisotopic (exact) mass is 608 g/mol. The Labute approximate surface area is 258 Å². The summed E-state index contributed by atoms with van der Waals surface area (Å²) in [6.07, 6.45) is 4.19. The van der Waals surface area contributed by atoms with E-state index in [4.69, 9.17) is 25.7 Å². The van der Waals surface area contributed by atoms with Crippen molar-refractivity contribution in [3.63, 3.8) is 0 Å². The molecule has 2 aromatic carbocycles. The van der Waals surface area contributed by atoms with E-state index in [1.54, 1.807) is 4.90 Å². The highest BCUT2D eigenvalue weighted by molar-refractivity contribution is 6.04. The van der Waals surface area contributed by atoms with Crippen molar-refractivity contribution in [2.24, 2.45) is 11.5 Å². The van der Waals surface area contributed by atoms with Gasteiger partial charge in [-0.15, -0.1) is 0 Å². The molecule has 0 saturated carbocycles. The molecule has 2 aromatic rings. The van der Waals surface area contributed by atoms with Gasteiger partial charge < -0.3 is 31.0 Å². The second kappa shape index (κ2) is 16.3. The zero-order valence-corrected chi connectivity index (χ0v) is 25.4. The number of nitrogens with zero attached hydrogens (tertiary/aromatic N) is 1. The summed E-state index contributed by atoms with van der Waals surface area (Å²) >= 11 is 0. The number of carbonyl (C=O) groups is 4. The van der Waals surface area contributed by atoms with Gasteiger partial charge in [0.1, 0.15) is 12.6 Å². The number of ether oxygens (including phenoxy) is 3. The number of nitrogens with two attached hydrogens (primary N) is 2. The van der Waals surface area contributed by atoms with Crippen LogP contribution in [0.3, 0.4) is 0 Å². The van der Waals surface area contributed by atoms with Crippen LogP contribution in [-0.4, -0.2) is 68.2 Å². The highest BCUT2D eigenvalue weighted by Crippen LogP contribution is 2.39. The van der Waals surface area contributed by atoms with E-state index >= 15 is 0 Å². The first-order chi connectivity index (χ1) is 21.2. The topological polar surface area (TPSA) is 163 Å². The molecule has 5 N–H and O–H groups in total. The van der Waals surface area contributed by atoms with Gasteiger partial charge in [-0.25, -0.2) is 0 Å². The minimum absolute atomic E-state index is 0.0329. The van der Waals surface area contributed by atoms with Crippen LogP contribution in [0.25, 0.3) is 0 Å². The fourth-order valence-electron chi connectivity index (χ4n) is 5.75. The van der Waals surface area contributed by atoms with E-state index in [0.717, 1.165) is 48.1 Å². The van der Waals surface area contributed by atoms with Crippen molar-refractivity contribution in [1.29, 1.82) is 0 Å². The summed E-state index contributed by atoms with van der Waals surface area (Å²) in [6.45, 7) is 3.43. The standard InChI is InChI=1S/C33H44N4O7/c1-22(44-20-24-12-10-23(11-13-24)5-4-16-42-17-18-43-21-30(35)39)27(14-15-29(34)38)36-33(41)28-19-26-8-2-6-25-7-3-9-31(40)37(28)32(25)26/h2,6,8,10-13,22,27-28H,3-5,7,9,14-21H2,1H3,(H2,34,38)(H2,35,39)(H,36,41)/t22-,27+,28+/m1/s1. The lowest BCUT2D eigenvalue weighted by Gasteiger charge is -2.29. The summed E-state index contributed by atoms with van der Waals surface area (Å²) in [4.78, 5) is 50.6. The Morgan fingerprint density at radius 1 is 0.955 bits per heavy atom. The molecule has 0 saturated heterocycles. The normalized spacial score (nSPS) is 17.1. The van der Waals surface area contributed by atoms with Crippen molar-refractivity contribution >= 4 is 29.3 Å². The van der Waals surface area contributed by atoms with Gasteiger partial charge in [-0.2, -0.15) is 0 Å². The van der Waals surface area contributed by atoms with E-state index in [0.29, 0.717) is 45.7 Å². The highest BCUT2D eigenvalue weighted by Gasteiger charge is 2.41. The first-order valence-corrected chi connectivity index (χ1v) is 15.4. The molecular formula is C33H44N4O7. The molecule has 0 aromatic heterocycles. The number of rotatable bonds is 18. The number of carbonyl (C=O) groups excluding carboxylic acids is 4. The first kappa shape index (κ1) is 33.1. The first-order valence-electron chi connectivity index (χ1n) is 15.4. The second-order valence-electron chi connectivity index (χ2n) is 11.4. The molecule has 0 bridgehead atoms. The molecule has 11 heteroatoms. The molecule has 0 unspecified atom stereocenters. The van der Waals surface area contributed by atoms with E-state index in [1.807, 2.05) is 37.3 Å². The number of primary amides is 2. The molecule has 4 rings (SSSR count). The van der Waals surface area contributed by atoms with Crippen LogP contribution >= 0.6 is 0 Å².